The molecule has 1 saturated carbocycles. The van der Waals surface area contributed by atoms with E-state index >= 15 is 0 Å². The lowest BCUT2D eigenvalue weighted by Crippen LogP contribution is -2.33. The third-order valence-corrected chi connectivity index (χ3v) is 4.86. The number of imidazole rings is 1. The molecule has 1 aromatic carbocycles. The van der Waals surface area contributed by atoms with Gasteiger partial charge in [-0.25, -0.2) is 4.98 Å². The van der Waals surface area contributed by atoms with E-state index in [2.05, 4.69) is 47.8 Å². The van der Waals surface area contributed by atoms with E-state index in [9.17, 15) is 4.79 Å². The van der Waals surface area contributed by atoms with E-state index in [0.717, 1.165) is 35.4 Å². The van der Waals surface area contributed by atoms with E-state index in [1.165, 1.54) is 5.56 Å². The Kier molecular flexibility index (Phi) is 3.86. The van der Waals surface area contributed by atoms with E-state index in [4.69, 9.17) is 4.98 Å². The van der Waals surface area contributed by atoms with Crippen molar-refractivity contribution < 1.29 is 4.79 Å². The lowest BCUT2D eigenvalue weighted by atomic mass is 10.0. The zero-order valence-electron chi connectivity index (χ0n) is 14.9. The second-order valence-electron chi connectivity index (χ2n) is 7.37. The molecule has 25 heavy (non-hydrogen) atoms. The number of aromatic amines is 1. The van der Waals surface area contributed by atoms with Gasteiger partial charge in [-0.05, 0) is 55.5 Å². The van der Waals surface area contributed by atoms with Gasteiger partial charge < -0.3 is 14.9 Å². The minimum absolute atomic E-state index is 0.0350. The summed E-state index contributed by atoms with van der Waals surface area (Å²) in [6.45, 7) is 6.26. The maximum atomic E-state index is 12.8. The van der Waals surface area contributed by atoms with Gasteiger partial charge in [0, 0.05) is 12.2 Å². The van der Waals surface area contributed by atoms with Crippen molar-refractivity contribution in [3.05, 3.63) is 53.6 Å². The van der Waals surface area contributed by atoms with Gasteiger partial charge in [-0.1, -0.05) is 19.9 Å². The van der Waals surface area contributed by atoms with Crippen molar-refractivity contribution >= 4 is 16.9 Å². The number of benzene rings is 1. The topological polar surface area (TPSA) is 62.7 Å². The highest BCUT2D eigenvalue weighted by Crippen LogP contribution is 2.36. The van der Waals surface area contributed by atoms with Crippen molar-refractivity contribution in [3.63, 3.8) is 0 Å². The molecule has 0 spiro atoms. The minimum atomic E-state index is -0.150. The van der Waals surface area contributed by atoms with Gasteiger partial charge in [0.25, 0.3) is 5.91 Å². The fourth-order valence-corrected chi connectivity index (χ4v) is 3.31. The molecule has 1 fully saturated rings. The number of carbonyl (C=O) groups is 1. The summed E-state index contributed by atoms with van der Waals surface area (Å²) in [7, 11) is 0. The number of amides is 1. The molecule has 0 bridgehead atoms. The van der Waals surface area contributed by atoms with Crippen molar-refractivity contribution in [2.45, 2.75) is 45.7 Å². The van der Waals surface area contributed by atoms with E-state index in [1.54, 1.807) is 0 Å². The van der Waals surface area contributed by atoms with Crippen molar-refractivity contribution in [3.8, 4) is 0 Å². The number of aromatic nitrogens is 3. The van der Waals surface area contributed by atoms with Gasteiger partial charge in [0.1, 0.15) is 11.5 Å². The smallest absolute Gasteiger partial charge is 0.268 e. The zero-order valence-corrected chi connectivity index (χ0v) is 14.9. The number of hydrogen-bond donors (Lipinski definition) is 2. The Labute approximate surface area is 147 Å². The first kappa shape index (κ1) is 15.9. The molecular formula is C20H24N4O. The van der Waals surface area contributed by atoms with Crippen LogP contribution in [0, 0.1) is 12.8 Å². The maximum absolute atomic E-state index is 12.8. The standard InChI is InChI=1S/C20H24N4O/c1-12(2)18(19-21-15-9-6-13(3)11-16(15)22-19)23-20(25)17-5-4-10-24(17)14-7-8-14/h4-6,9-12,14,18H,7-8H2,1-3H3,(H,21,22)(H,23,25)/t18-/m1/s1. The molecule has 2 heterocycles. The highest BCUT2D eigenvalue weighted by molar-refractivity contribution is 5.93. The van der Waals surface area contributed by atoms with Gasteiger partial charge in [-0.3, -0.25) is 4.79 Å². The Hall–Kier alpha value is -2.56. The number of rotatable bonds is 5. The summed E-state index contributed by atoms with van der Waals surface area (Å²) in [5.74, 6) is 1.01. The normalized spacial score (nSPS) is 15.7. The summed E-state index contributed by atoms with van der Waals surface area (Å²) in [4.78, 5) is 20.9. The van der Waals surface area contributed by atoms with E-state index in [1.807, 2.05) is 24.4 Å². The molecule has 2 aromatic heterocycles. The third kappa shape index (κ3) is 3.06. The van der Waals surface area contributed by atoms with Crippen LogP contribution >= 0.6 is 0 Å². The zero-order chi connectivity index (χ0) is 17.6. The Bertz CT molecular complexity index is 917. The molecule has 1 atom stereocenters. The van der Waals surface area contributed by atoms with Crippen molar-refractivity contribution in [1.82, 2.24) is 19.9 Å². The molecule has 4 rings (SSSR count). The molecule has 130 valence electrons. The molecule has 5 nitrogen and oxygen atoms in total. The van der Waals surface area contributed by atoms with Crippen molar-refractivity contribution in [1.29, 1.82) is 0 Å². The van der Waals surface area contributed by atoms with E-state index in [-0.39, 0.29) is 17.9 Å². The lowest BCUT2D eigenvalue weighted by molar-refractivity contribution is 0.0913. The molecule has 0 radical (unpaired) electrons. The van der Waals surface area contributed by atoms with Crippen LogP contribution < -0.4 is 5.32 Å². The predicted octanol–water partition coefficient (Wildman–Crippen LogP) is 4.13. The molecule has 3 aromatic rings. The van der Waals surface area contributed by atoms with Crippen LogP contribution in [0.15, 0.2) is 36.5 Å². The average molecular weight is 336 g/mol. The highest BCUT2D eigenvalue weighted by Gasteiger charge is 2.28. The Morgan fingerprint density at radius 2 is 2.12 bits per heavy atom. The first-order valence-electron chi connectivity index (χ1n) is 8.97. The fourth-order valence-electron chi connectivity index (χ4n) is 3.31. The molecule has 0 saturated heterocycles. The van der Waals surface area contributed by atoms with Gasteiger partial charge in [0.15, 0.2) is 0 Å². The summed E-state index contributed by atoms with van der Waals surface area (Å²) in [6.07, 6.45) is 4.32. The highest BCUT2D eigenvalue weighted by atomic mass is 16.2. The molecule has 2 N–H and O–H groups in total. The molecule has 1 aliphatic carbocycles. The van der Waals surface area contributed by atoms with E-state index in [0.29, 0.717) is 6.04 Å². The fraction of sp³-hybridized carbons (Fsp3) is 0.400. The number of carbonyl (C=O) groups excluding carboxylic acids is 1. The molecule has 0 aliphatic heterocycles. The summed E-state index contributed by atoms with van der Waals surface area (Å²) in [5, 5.41) is 3.18. The molecule has 1 aliphatic rings. The number of H-pyrrole nitrogens is 1. The first-order valence-corrected chi connectivity index (χ1v) is 8.97. The SMILES string of the molecule is Cc1ccc2nc([C@H](NC(=O)c3cccn3C3CC3)C(C)C)[nH]c2c1. The molecular weight excluding hydrogens is 312 g/mol. The maximum Gasteiger partial charge on any atom is 0.268 e. The van der Waals surface area contributed by atoms with Crippen LogP contribution in [0.4, 0.5) is 0 Å². The predicted molar refractivity (Wildman–Crippen MR) is 98.6 cm³/mol. The number of fused-ring (bicyclic) bond motifs is 1. The largest absolute Gasteiger partial charge is 0.341 e. The van der Waals surface area contributed by atoms with Crippen LogP contribution in [0.3, 0.4) is 0 Å². The number of nitrogens with one attached hydrogen (secondary N) is 2. The van der Waals surface area contributed by atoms with E-state index < -0.39 is 0 Å². The second kappa shape index (κ2) is 6.06. The van der Waals surface area contributed by atoms with Crippen molar-refractivity contribution in [2.24, 2.45) is 5.92 Å². The Morgan fingerprint density at radius 1 is 1.32 bits per heavy atom. The first-order chi connectivity index (χ1) is 12.0. The van der Waals surface area contributed by atoms with Crippen molar-refractivity contribution in [2.75, 3.05) is 0 Å². The second-order valence-corrected chi connectivity index (χ2v) is 7.37. The number of hydrogen-bond acceptors (Lipinski definition) is 2. The van der Waals surface area contributed by atoms with Crippen LogP contribution in [0.1, 0.15) is 60.6 Å². The number of nitrogens with zero attached hydrogens (tertiary/aromatic N) is 2. The molecule has 0 unspecified atom stereocenters. The van der Waals surface area contributed by atoms with Gasteiger partial charge in [-0.2, -0.15) is 0 Å². The quantitative estimate of drug-likeness (QED) is 0.736. The summed E-state index contributed by atoms with van der Waals surface area (Å²) in [6, 6.07) is 10.3. The Balaban J connectivity index is 1.62. The third-order valence-electron chi connectivity index (χ3n) is 4.86. The average Bonchev–Trinajstić information content (AvgIpc) is 3.15. The van der Waals surface area contributed by atoms with Crippen LogP contribution in [0.5, 0.6) is 0 Å². The van der Waals surface area contributed by atoms with Crippen LogP contribution in [0.25, 0.3) is 11.0 Å². The van der Waals surface area contributed by atoms with Crippen LogP contribution in [-0.4, -0.2) is 20.4 Å². The van der Waals surface area contributed by atoms with Gasteiger partial charge in [-0.15, -0.1) is 0 Å². The monoisotopic (exact) mass is 336 g/mol. The molecule has 5 heteroatoms. The summed E-state index contributed by atoms with van der Waals surface area (Å²) in [5.41, 5.74) is 3.87. The molecule has 1 amide bonds. The van der Waals surface area contributed by atoms with Gasteiger partial charge in [0.2, 0.25) is 0 Å². The summed E-state index contributed by atoms with van der Waals surface area (Å²) >= 11 is 0. The Morgan fingerprint density at radius 3 is 2.84 bits per heavy atom. The van der Waals surface area contributed by atoms with Crippen LogP contribution in [-0.2, 0) is 0 Å². The van der Waals surface area contributed by atoms with Gasteiger partial charge in [0.05, 0.1) is 17.1 Å². The lowest BCUT2D eigenvalue weighted by Gasteiger charge is -2.21. The number of aryl methyl sites for hydroxylation is 1. The van der Waals surface area contributed by atoms with Gasteiger partial charge >= 0.3 is 0 Å². The minimum Gasteiger partial charge on any atom is -0.341 e. The summed E-state index contributed by atoms with van der Waals surface area (Å²) < 4.78 is 2.09. The van der Waals surface area contributed by atoms with Crippen LogP contribution in [0.2, 0.25) is 0 Å².